The number of amides is 1. The molecule has 2 heterocycles. The van der Waals surface area contributed by atoms with E-state index in [0.29, 0.717) is 16.5 Å². The zero-order valence-corrected chi connectivity index (χ0v) is 24.9. The third-order valence-corrected chi connectivity index (χ3v) is 11.2. The van der Waals surface area contributed by atoms with Gasteiger partial charge in [0, 0.05) is 28.5 Å². The van der Waals surface area contributed by atoms with Gasteiger partial charge >= 0.3 is 5.97 Å². The number of carboxylic acids is 1. The second-order valence-electron chi connectivity index (χ2n) is 10.9. The Kier molecular flexibility index (Phi) is 8.32. The van der Waals surface area contributed by atoms with Crippen LogP contribution in [0.25, 0.3) is 0 Å². The summed E-state index contributed by atoms with van der Waals surface area (Å²) in [6, 6.07) is 17.0. The van der Waals surface area contributed by atoms with Crippen molar-refractivity contribution in [1.29, 1.82) is 0 Å². The zero-order valence-electron chi connectivity index (χ0n) is 21.8. The molecule has 1 aromatic heterocycles. The Morgan fingerprint density at radius 3 is 2.42 bits per heavy atom. The van der Waals surface area contributed by atoms with Crippen LogP contribution in [-0.2, 0) is 19.6 Å². The smallest absolute Gasteiger partial charge is 0.304 e. The standard InChI is InChI=1S/C29H30Cl2N2O5S2/c1-29(16-25(34)35)15-23(20-4-2-5-22(31)14-20)27(19-9-11-21(30)12-10-19)33(28(29)36)24(18-7-8-18)17-32-40(37,38)26-6-3-13-39-26/h2-6,9-14,18,23-24,27,32H,7-8,15-17H2,1H3,(H,34,35)/t23?,24?,27-,29-/m1/s1. The number of rotatable bonds is 10. The van der Waals surface area contributed by atoms with E-state index < -0.39 is 33.5 Å². The summed E-state index contributed by atoms with van der Waals surface area (Å²) in [5.74, 6) is -1.57. The number of nitrogens with one attached hydrogen (secondary N) is 1. The van der Waals surface area contributed by atoms with Crippen molar-refractivity contribution in [3.63, 3.8) is 0 Å². The molecular formula is C29H30Cl2N2O5S2. The quantitative estimate of drug-likeness (QED) is 0.275. The zero-order chi connectivity index (χ0) is 28.7. The number of carboxylic acid groups (broad SMARTS) is 1. The van der Waals surface area contributed by atoms with Gasteiger partial charge in [-0.25, -0.2) is 13.1 Å². The van der Waals surface area contributed by atoms with Gasteiger partial charge in [0.2, 0.25) is 15.9 Å². The van der Waals surface area contributed by atoms with Gasteiger partial charge in [0.05, 0.1) is 17.9 Å². The Morgan fingerprint density at radius 1 is 1.10 bits per heavy atom. The Morgan fingerprint density at radius 2 is 1.82 bits per heavy atom. The van der Waals surface area contributed by atoms with Crippen molar-refractivity contribution < 1.29 is 23.1 Å². The number of hydrogen-bond acceptors (Lipinski definition) is 5. The van der Waals surface area contributed by atoms with Crippen molar-refractivity contribution in [3.8, 4) is 0 Å². The van der Waals surface area contributed by atoms with Gasteiger partial charge in [-0.3, -0.25) is 9.59 Å². The summed E-state index contributed by atoms with van der Waals surface area (Å²) < 4.78 is 29.1. The largest absolute Gasteiger partial charge is 0.481 e. The van der Waals surface area contributed by atoms with Crippen molar-refractivity contribution in [2.75, 3.05) is 6.54 Å². The molecule has 1 saturated carbocycles. The van der Waals surface area contributed by atoms with Crippen molar-refractivity contribution in [3.05, 3.63) is 87.2 Å². The summed E-state index contributed by atoms with van der Waals surface area (Å²) in [6.45, 7) is 1.72. The predicted molar refractivity (Wildman–Crippen MR) is 156 cm³/mol. The molecule has 5 rings (SSSR count). The lowest BCUT2D eigenvalue weighted by atomic mass is 9.67. The van der Waals surface area contributed by atoms with Crippen LogP contribution in [0.2, 0.25) is 10.0 Å². The van der Waals surface area contributed by atoms with E-state index in [-0.39, 0.29) is 34.9 Å². The highest BCUT2D eigenvalue weighted by molar-refractivity contribution is 7.91. The van der Waals surface area contributed by atoms with Crippen LogP contribution in [0.4, 0.5) is 0 Å². The lowest BCUT2D eigenvalue weighted by Crippen LogP contribution is -2.59. The maximum absolute atomic E-state index is 14.4. The first kappa shape index (κ1) is 29.1. The first-order valence-corrected chi connectivity index (χ1v) is 16.2. The van der Waals surface area contributed by atoms with Crippen molar-refractivity contribution in [2.45, 2.75) is 54.8 Å². The molecule has 1 aliphatic heterocycles. The van der Waals surface area contributed by atoms with E-state index in [9.17, 15) is 23.1 Å². The van der Waals surface area contributed by atoms with Crippen LogP contribution in [0, 0.1) is 11.3 Å². The Balaban J connectivity index is 1.63. The van der Waals surface area contributed by atoms with Gasteiger partial charge < -0.3 is 10.0 Å². The highest BCUT2D eigenvalue weighted by Gasteiger charge is 2.54. The topological polar surface area (TPSA) is 104 Å². The summed E-state index contributed by atoms with van der Waals surface area (Å²) in [7, 11) is -3.78. The molecule has 0 spiro atoms. The molecule has 7 nitrogen and oxygen atoms in total. The first-order valence-electron chi connectivity index (χ1n) is 13.1. The number of carbonyl (C=O) groups is 2. The van der Waals surface area contributed by atoms with Crippen LogP contribution in [0.5, 0.6) is 0 Å². The van der Waals surface area contributed by atoms with E-state index >= 15 is 0 Å². The van der Waals surface area contributed by atoms with E-state index in [0.717, 1.165) is 35.3 Å². The van der Waals surface area contributed by atoms with Crippen LogP contribution in [0.1, 0.15) is 55.7 Å². The van der Waals surface area contributed by atoms with Crippen LogP contribution < -0.4 is 4.72 Å². The predicted octanol–water partition coefficient (Wildman–Crippen LogP) is 6.35. The van der Waals surface area contributed by atoms with E-state index in [1.54, 1.807) is 47.5 Å². The number of likely N-dealkylation sites (tertiary alicyclic amines) is 1. The van der Waals surface area contributed by atoms with Crippen molar-refractivity contribution in [1.82, 2.24) is 9.62 Å². The maximum atomic E-state index is 14.4. The fourth-order valence-electron chi connectivity index (χ4n) is 5.90. The molecule has 212 valence electrons. The fourth-order valence-corrected chi connectivity index (χ4v) is 8.31. The van der Waals surface area contributed by atoms with Gasteiger partial charge in [-0.15, -0.1) is 11.3 Å². The normalized spacial score (nSPS) is 24.2. The molecule has 3 aromatic rings. The van der Waals surface area contributed by atoms with Crippen LogP contribution >= 0.6 is 34.5 Å². The maximum Gasteiger partial charge on any atom is 0.304 e. The summed E-state index contributed by atoms with van der Waals surface area (Å²) in [4.78, 5) is 28.2. The number of carbonyl (C=O) groups excluding carboxylic acids is 1. The molecule has 2 aliphatic rings. The third kappa shape index (κ3) is 6.09. The SMILES string of the molecule is C[C@]1(CC(=O)O)CC(c2cccc(Cl)c2)[C@@H](c2ccc(Cl)cc2)N(C(CNS(=O)(=O)c2cccs2)C2CC2)C1=O. The van der Waals surface area contributed by atoms with E-state index in [1.165, 1.54) is 0 Å². The first-order chi connectivity index (χ1) is 19.0. The third-order valence-electron chi connectivity index (χ3n) is 7.90. The lowest BCUT2D eigenvalue weighted by Gasteiger charge is -2.52. The number of piperidine rings is 1. The van der Waals surface area contributed by atoms with Crippen molar-refractivity contribution >= 4 is 56.4 Å². The minimum absolute atomic E-state index is 0.0200. The number of benzene rings is 2. The minimum atomic E-state index is -3.78. The molecule has 1 amide bonds. The molecule has 1 saturated heterocycles. The number of aliphatic carboxylic acids is 1. The molecule has 0 radical (unpaired) electrons. The molecule has 40 heavy (non-hydrogen) atoms. The van der Waals surface area contributed by atoms with Gasteiger partial charge in [-0.2, -0.15) is 0 Å². The second kappa shape index (κ2) is 11.4. The number of hydrogen-bond donors (Lipinski definition) is 2. The summed E-state index contributed by atoms with van der Waals surface area (Å²) >= 11 is 13.8. The Labute approximate surface area is 248 Å². The second-order valence-corrected chi connectivity index (χ2v) is 14.7. The highest BCUT2D eigenvalue weighted by atomic mass is 35.5. The minimum Gasteiger partial charge on any atom is -0.481 e. The number of thiophene rings is 1. The van der Waals surface area contributed by atoms with Gasteiger partial charge in [0.1, 0.15) is 4.21 Å². The summed E-state index contributed by atoms with van der Waals surface area (Å²) in [5, 5.41) is 12.6. The molecule has 2 N–H and O–H groups in total. The van der Waals surface area contributed by atoms with Gasteiger partial charge in [0.25, 0.3) is 0 Å². The highest BCUT2D eigenvalue weighted by Crippen LogP contribution is 2.54. The lowest BCUT2D eigenvalue weighted by molar-refractivity contribution is -0.161. The number of sulfonamides is 1. The Hall–Kier alpha value is -2.43. The molecule has 2 fully saturated rings. The molecular weight excluding hydrogens is 591 g/mol. The monoisotopic (exact) mass is 620 g/mol. The number of halogens is 2. The van der Waals surface area contributed by atoms with Crippen LogP contribution in [0.3, 0.4) is 0 Å². The Bertz CT molecular complexity index is 1490. The van der Waals surface area contributed by atoms with Crippen molar-refractivity contribution in [2.24, 2.45) is 11.3 Å². The molecule has 4 atom stereocenters. The molecule has 2 unspecified atom stereocenters. The average molecular weight is 622 g/mol. The van der Waals surface area contributed by atoms with Gasteiger partial charge in [-0.1, -0.05) is 60.5 Å². The van der Waals surface area contributed by atoms with Crippen LogP contribution in [0.15, 0.2) is 70.3 Å². The molecule has 11 heteroatoms. The van der Waals surface area contributed by atoms with E-state index in [1.807, 2.05) is 30.3 Å². The molecule has 1 aliphatic carbocycles. The molecule has 0 bridgehead atoms. The van der Waals surface area contributed by atoms with E-state index in [4.69, 9.17) is 23.2 Å². The average Bonchev–Trinajstić information content (AvgIpc) is 3.57. The van der Waals surface area contributed by atoms with E-state index in [2.05, 4.69) is 4.72 Å². The van der Waals surface area contributed by atoms with Gasteiger partial charge in [-0.05, 0) is 72.0 Å². The fraction of sp³-hybridized carbons (Fsp3) is 0.379. The summed E-state index contributed by atoms with van der Waals surface area (Å²) in [5.41, 5.74) is 0.517. The molecule has 2 aromatic carbocycles. The van der Waals surface area contributed by atoms with Gasteiger partial charge in [0.15, 0.2) is 0 Å². The number of nitrogens with zero attached hydrogens (tertiary/aromatic N) is 1. The van der Waals surface area contributed by atoms with Crippen LogP contribution in [-0.4, -0.2) is 42.9 Å². The summed E-state index contributed by atoms with van der Waals surface area (Å²) in [6.07, 6.45) is 1.64.